The van der Waals surface area contributed by atoms with Gasteiger partial charge in [-0.15, -0.1) is 22.7 Å². The molecular weight excluding hydrogens is 422 g/mol. The van der Waals surface area contributed by atoms with Crippen molar-refractivity contribution in [2.24, 2.45) is 5.41 Å². The fourth-order valence-electron chi connectivity index (χ4n) is 4.27. The van der Waals surface area contributed by atoms with Crippen LogP contribution < -0.4 is 0 Å². The molecule has 8 heteroatoms. The number of carbonyl (C=O) groups excluding carboxylic acids is 2. The van der Waals surface area contributed by atoms with Gasteiger partial charge in [0.25, 0.3) is 0 Å². The Morgan fingerprint density at radius 3 is 2.23 bits per heavy atom. The van der Waals surface area contributed by atoms with E-state index in [2.05, 4.69) is 0 Å². The maximum absolute atomic E-state index is 13.1. The summed E-state index contributed by atoms with van der Waals surface area (Å²) in [5.41, 5.74) is -2.31. The quantitative estimate of drug-likeness (QED) is 0.701. The first kappa shape index (κ1) is 21.3. The smallest absolute Gasteiger partial charge is 0.410 e. The molecule has 0 atom stereocenters. The second-order valence-electron chi connectivity index (χ2n) is 9.25. The molecule has 6 nitrogen and oxygen atoms in total. The van der Waals surface area contributed by atoms with E-state index in [0.717, 1.165) is 6.42 Å². The SMILES string of the molecule is CC(C)(C)OC(=O)N1CCC2(CC(OC(=O)C(O)(c3cccs3)c3cccs3)C2)C1. The third-order valence-corrected chi connectivity index (χ3v) is 7.69. The fourth-order valence-corrected chi connectivity index (χ4v) is 5.98. The van der Waals surface area contributed by atoms with E-state index in [1.165, 1.54) is 22.7 Å². The molecule has 2 aromatic heterocycles. The summed E-state index contributed by atoms with van der Waals surface area (Å²) in [5.74, 6) is -0.630. The van der Waals surface area contributed by atoms with Gasteiger partial charge in [0, 0.05) is 13.1 Å². The Morgan fingerprint density at radius 1 is 1.13 bits per heavy atom. The third-order valence-electron chi connectivity index (χ3n) is 5.74. The molecule has 0 radical (unpaired) electrons. The molecule has 1 spiro atoms. The molecule has 3 heterocycles. The van der Waals surface area contributed by atoms with Gasteiger partial charge >= 0.3 is 12.1 Å². The predicted octanol–water partition coefficient (Wildman–Crippen LogP) is 4.38. The van der Waals surface area contributed by atoms with Crippen molar-refractivity contribution in [2.75, 3.05) is 13.1 Å². The molecule has 1 amide bonds. The maximum Gasteiger partial charge on any atom is 0.410 e. The lowest BCUT2D eigenvalue weighted by Gasteiger charge is -2.45. The van der Waals surface area contributed by atoms with Crippen molar-refractivity contribution in [2.45, 2.75) is 57.3 Å². The molecule has 1 aliphatic carbocycles. The zero-order chi connectivity index (χ0) is 21.6. The highest BCUT2D eigenvalue weighted by Gasteiger charge is 2.53. The van der Waals surface area contributed by atoms with Crippen molar-refractivity contribution < 1.29 is 24.2 Å². The molecule has 0 bridgehead atoms. The number of nitrogens with zero attached hydrogens (tertiary/aromatic N) is 1. The van der Waals surface area contributed by atoms with Gasteiger partial charge in [0.1, 0.15) is 11.7 Å². The number of hydrogen-bond acceptors (Lipinski definition) is 7. The topological polar surface area (TPSA) is 76.1 Å². The molecule has 0 aromatic carbocycles. The van der Waals surface area contributed by atoms with Crippen LogP contribution in [-0.2, 0) is 19.9 Å². The normalized spacial score (nSPS) is 24.0. The van der Waals surface area contributed by atoms with Crippen LogP contribution in [0.3, 0.4) is 0 Å². The first-order valence-electron chi connectivity index (χ1n) is 10.1. The van der Waals surface area contributed by atoms with Crippen molar-refractivity contribution in [3.8, 4) is 0 Å². The average Bonchev–Trinajstić information content (AvgIpc) is 3.39. The monoisotopic (exact) mass is 449 g/mol. The van der Waals surface area contributed by atoms with E-state index in [0.29, 0.717) is 35.7 Å². The summed E-state index contributed by atoms with van der Waals surface area (Å²) >= 11 is 2.67. The summed E-state index contributed by atoms with van der Waals surface area (Å²) in [6.07, 6.45) is 1.74. The minimum Gasteiger partial charge on any atom is -0.460 e. The number of esters is 1. The highest BCUT2D eigenvalue weighted by molar-refractivity contribution is 7.12. The molecule has 4 rings (SSSR count). The third kappa shape index (κ3) is 4.00. The van der Waals surface area contributed by atoms with E-state index in [9.17, 15) is 14.7 Å². The molecule has 2 aromatic rings. The average molecular weight is 450 g/mol. The summed E-state index contributed by atoms with van der Waals surface area (Å²) in [4.78, 5) is 28.2. The number of rotatable bonds is 4. The molecule has 1 saturated carbocycles. The van der Waals surface area contributed by atoms with Crippen LogP contribution in [0.1, 0.15) is 49.8 Å². The van der Waals surface area contributed by atoms with E-state index in [1.807, 2.05) is 43.7 Å². The second kappa shape index (κ2) is 7.66. The molecule has 2 aliphatic rings. The van der Waals surface area contributed by atoms with Gasteiger partial charge in [-0.2, -0.15) is 0 Å². The zero-order valence-electron chi connectivity index (χ0n) is 17.4. The molecule has 1 saturated heterocycles. The Labute approximate surface area is 184 Å². The van der Waals surface area contributed by atoms with Crippen LogP contribution in [0.2, 0.25) is 0 Å². The van der Waals surface area contributed by atoms with Crippen LogP contribution in [-0.4, -0.2) is 46.9 Å². The lowest BCUT2D eigenvalue weighted by Crippen LogP contribution is -2.48. The molecule has 2 fully saturated rings. The van der Waals surface area contributed by atoms with Crippen LogP contribution in [0.4, 0.5) is 4.79 Å². The van der Waals surface area contributed by atoms with Crippen LogP contribution in [0.25, 0.3) is 0 Å². The highest BCUT2D eigenvalue weighted by atomic mass is 32.1. The first-order valence-corrected chi connectivity index (χ1v) is 11.9. The lowest BCUT2D eigenvalue weighted by molar-refractivity contribution is -0.178. The van der Waals surface area contributed by atoms with Gasteiger partial charge < -0.3 is 19.5 Å². The van der Waals surface area contributed by atoms with Crippen LogP contribution in [0.15, 0.2) is 35.0 Å². The van der Waals surface area contributed by atoms with Crippen LogP contribution >= 0.6 is 22.7 Å². The van der Waals surface area contributed by atoms with E-state index in [-0.39, 0.29) is 17.6 Å². The predicted molar refractivity (Wildman–Crippen MR) is 116 cm³/mol. The lowest BCUT2D eigenvalue weighted by atomic mass is 9.66. The summed E-state index contributed by atoms with van der Waals surface area (Å²) < 4.78 is 11.2. The van der Waals surface area contributed by atoms with Gasteiger partial charge in [-0.3, -0.25) is 0 Å². The van der Waals surface area contributed by atoms with Crippen molar-refractivity contribution in [3.63, 3.8) is 0 Å². The molecule has 162 valence electrons. The Hall–Kier alpha value is -1.90. The number of thiophene rings is 2. The molecule has 30 heavy (non-hydrogen) atoms. The van der Waals surface area contributed by atoms with Crippen molar-refractivity contribution in [1.29, 1.82) is 0 Å². The fraction of sp³-hybridized carbons (Fsp3) is 0.545. The van der Waals surface area contributed by atoms with Crippen molar-refractivity contribution in [1.82, 2.24) is 4.90 Å². The van der Waals surface area contributed by atoms with Gasteiger partial charge in [0.15, 0.2) is 0 Å². The van der Waals surface area contributed by atoms with Crippen molar-refractivity contribution in [3.05, 3.63) is 44.8 Å². The highest BCUT2D eigenvalue weighted by Crippen LogP contribution is 2.50. The standard InChI is InChI=1S/C22H27NO5S2/c1-20(2,3)28-19(25)23-9-8-21(14-23)12-15(13-21)27-18(24)22(26,16-6-4-10-29-16)17-7-5-11-30-17/h4-7,10-11,15,26H,8-9,12-14H2,1-3H3. The van der Waals surface area contributed by atoms with E-state index >= 15 is 0 Å². The number of amides is 1. The summed E-state index contributed by atoms with van der Waals surface area (Å²) in [6.45, 7) is 6.85. The molecule has 1 aliphatic heterocycles. The van der Waals surface area contributed by atoms with Crippen LogP contribution in [0.5, 0.6) is 0 Å². The van der Waals surface area contributed by atoms with E-state index in [4.69, 9.17) is 9.47 Å². The zero-order valence-corrected chi connectivity index (χ0v) is 19.1. The molecular formula is C22H27NO5S2. The minimum absolute atomic E-state index is 0.0220. The van der Waals surface area contributed by atoms with Gasteiger partial charge in [-0.05, 0) is 68.3 Å². The van der Waals surface area contributed by atoms with Gasteiger partial charge in [0.05, 0.1) is 9.75 Å². The maximum atomic E-state index is 13.1. The Morgan fingerprint density at radius 2 is 1.73 bits per heavy atom. The summed E-state index contributed by atoms with van der Waals surface area (Å²) in [6, 6.07) is 7.13. The Balaban J connectivity index is 1.38. The van der Waals surface area contributed by atoms with Crippen molar-refractivity contribution >= 4 is 34.7 Å². The van der Waals surface area contributed by atoms with Crippen LogP contribution in [0, 0.1) is 5.41 Å². The summed E-state index contributed by atoms with van der Waals surface area (Å²) in [7, 11) is 0. The molecule has 1 N–H and O–H groups in total. The number of likely N-dealkylation sites (tertiary alicyclic amines) is 1. The minimum atomic E-state index is -1.77. The number of aliphatic hydroxyl groups is 1. The number of hydrogen-bond donors (Lipinski definition) is 1. The molecule has 0 unspecified atom stereocenters. The Kier molecular flexibility index (Phi) is 5.45. The second-order valence-corrected chi connectivity index (χ2v) is 11.1. The summed E-state index contributed by atoms with van der Waals surface area (Å²) in [5, 5.41) is 15.0. The first-order chi connectivity index (χ1) is 14.1. The van der Waals surface area contributed by atoms with Gasteiger partial charge in [-0.1, -0.05) is 12.1 Å². The Bertz CT molecular complexity index is 860. The van der Waals surface area contributed by atoms with Gasteiger partial charge in [-0.25, -0.2) is 9.59 Å². The largest absolute Gasteiger partial charge is 0.460 e. The van der Waals surface area contributed by atoms with Gasteiger partial charge in [0.2, 0.25) is 5.60 Å². The number of ether oxygens (including phenoxy) is 2. The van der Waals surface area contributed by atoms with E-state index < -0.39 is 17.2 Å². The number of carbonyl (C=O) groups is 2. The van der Waals surface area contributed by atoms with E-state index in [1.54, 1.807) is 17.0 Å².